The van der Waals surface area contributed by atoms with Gasteiger partial charge in [-0.15, -0.1) is 12.3 Å². The van der Waals surface area contributed by atoms with Gasteiger partial charge in [0, 0.05) is 20.0 Å². The summed E-state index contributed by atoms with van der Waals surface area (Å²) in [4.78, 5) is 3.72. The first-order chi connectivity index (χ1) is 4.81. The van der Waals surface area contributed by atoms with Gasteiger partial charge in [0.05, 0.1) is 0 Å². The molecule has 3 nitrogen and oxygen atoms in total. The lowest BCUT2D eigenvalue weighted by atomic mass is 10.3. The Morgan fingerprint density at radius 1 is 1.80 bits per heavy atom. The van der Waals surface area contributed by atoms with Gasteiger partial charge in [0.15, 0.2) is 5.96 Å². The molecular weight excluding hydrogens is 126 g/mol. The van der Waals surface area contributed by atoms with E-state index >= 15 is 0 Å². The van der Waals surface area contributed by atoms with Crippen molar-refractivity contribution in [2.75, 3.05) is 13.6 Å². The maximum Gasteiger partial charge on any atom is 0.188 e. The Kier molecular flexibility index (Phi) is 5.26. The second-order valence-corrected chi connectivity index (χ2v) is 1.84. The SMILES string of the molecule is C#CCCCNC(N)=NC. The quantitative estimate of drug-likeness (QED) is 0.249. The molecule has 0 rings (SSSR count). The second kappa shape index (κ2) is 5.96. The van der Waals surface area contributed by atoms with Crippen LogP contribution in [0.3, 0.4) is 0 Å². The molecule has 0 atom stereocenters. The Morgan fingerprint density at radius 2 is 2.50 bits per heavy atom. The summed E-state index contributed by atoms with van der Waals surface area (Å²) in [6, 6.07) is 0. The summed E-state index contributed by atoms with van der Waals surface area (Å²) in [5.41, 5.74) is 5.34. The monoisotopic (exact) mass is 139 g/mol. The third-order valence-corrected chi connectivity index (χ3v) is 1.04. The van der Waals surface area contributed by atoms with Crippen LogP contribution in [0.2, 0.25) is 0 Å². The lowest BCUT2D eigenvalue weighted by Crippen LogP contribution is -2.31. The summed E-state index contributed by atoms with van der Waals surface area (Å²) in [7, 11) is 1.64. The minimum atomic E-state index is 0.469. The highest BCUT2D eigenvalue weighted by Crippen LogP contribution is 1.81. The van der Waals surface area contributed by atoms with E-state index < -0.39 is 0 Å². The average Bonchev–Trinajstić information content (AvgIpc) is 1.98. The molecule has 0 aliphatic carbocycles. The molecule has 0 aromatic carbocycles. The second-order valence-electron chi connectivity index (χ2n) is 1.84. The van der Waals surface area contributed by atoms with Gasteiger partial charge in [-0.2, -0.15) is 0 Å². The fraction of sp³-hybridized carbons (Fsp3) is 0.571. The molecule has 0 saturated carbocycles. The molecule has 3 N–H and O–H groups in total. The molecule has 0 saturated heterocycles. The zero-order chi connectivity index (χ0) is 7.82. The fourth-order valence-electron chi connectivity index (χ4n) is 0.486. The summed E-state index contributed by atoms with van der Waals surface area (Å²) in [6.45, 7) is 0.799. The maximum atomic E-state index is 5.34. The molecule has 56 valence electrons. The van der Waals surface area contributed by atoms with E-state index in [9.17, 15) is 0 Å². The third-order valence-electron chi connectivity index (χ3n) is 1.04. The van der Waals surface area contributed by atoms with Crippen LogP contribution in [0.25, 0.3) is 0 Å². The Balaban J connectivity index is 3.14. The number of hydrogen-bond acceptors (Lipinski definition) is 1. The lowest BCUT2D eigenvalue weighted by molar-refractivity contribution is 0.793. The number of guanidine groups is 1. The van der Waals surface area contributed by atoms with E-state index in [0.717, 1.165) is 19.4 Å². The molecule has 0 fully saturated rings. The number of terminal acetylenes is 1. The number of hydrogen-bond donors (Lipinski definition) is 2. The van der Waals surface area contributed by atoms with Crippen LogP contribution in [0.5, 0.6) is 0 Å². The summed E-state index contributed by atoms with van der Waals surface area (Å²) >= 11 is 0. The molecular formula is C7H13N3. The molecule has 0 unspecified atom stereocenters. The van der Waals surface area contributed by atoms with Crippen LogP contribution in [0.15, 0.2) is 4.99 Å². The van der Waals surface area contributed by atoms with E-state index in [1.807, 2.05) is 0 Å². The van der Waals surface area contributed by atoms with Crippen LogP contribution >= 0.6 is 0 Å². The van der Waals surface area contributed by atoms with Crippen molar-refractivity contribution in [3.05, 3.63) is 0 Å². The van der Waals surface area contributed by atoms with E-state index in [0.29, 0.717) is 5.96 Å². The van der Waals surface area contributed by atoms with Crippen molar-refractivity contribution < 1.29 is 0 Å². The van der Waals surface area contributed by atoms with Gasteiger partial charge in [0.1, 0.15) is 0 Å². The predicted molar refractivity (Wildman–Crippen MR) is 43.6 cm³/mol. The van der Waals surface area contributed by atoms with Gasteiger partial charge in [0.2, 0.25) is 0 Å². The van der Waals surface area contributed by atoms with Crippen molar-refractivity contribution in [3.8, 4) is 12.3 Å². The Morgan fingerprint density at radius 3 is 3.00 bits per heavy atom. The van der Waals surface area contributed by atoms with Crippen molar-refractivity contribution in [1.29, 1.82) is 0 Å². The first-order valence-corrected chi connectivity index (χ1v) is 3.21. The van der Waals surface area contributed by atoms with Crippen molar-refractivity contribution in [1.82, 2.24) is 5.32 Å². The third kappa shape index (κ3) is 4.98. The highest BCUT2D eigenvalue weighted by atomic mass is 15.1. The molecule has 0 bridgehead atoms. The zero-order valence-electron chi connectivity index (χ0n) is 6.22. The minimum Gasteiger partial charge on any atom is -0.370 e. The van der Waals surface area contributed by atoms with Crippen LogP contribution < -0.4 is 11.1 Å². The van der Waals surface area contributed by atoms with Crippen LogP contribution in [0.4, 0.5) is 0 Å². The number of nitrogens with two attached hydrogens (primary N) is 1. The molecule has 10 heavy (non-hydrogen) atoms. The van der Waals surface area contributed by atoms with Gasteiger partial charge in [-0.05, 0) is 6.42 Å². The molecule has 0 heterocycles. The van der Waals surface area contributed by atoms with Crippen LogP contribution in [0.1, 0.15) is 12.8 Å². The normalized spacial score (nSPS) is 10.6. The summed E-state index contributed by atoms with van der Waals surface area (Å²) < 4.78 is 0. The van der Waals surface area contributed by atoms with E-state index in [4.69, 9.17) is 12.2 Å². The Hall–Kier alpha value is -1.17. The van der Waals surface area contributed by atoms with E-state index in [-0.39, 0.29) is 0 Å². The maximum absolute atomic E-state index is 5.34. The van der Waals surface area contributed by atoms with Crippen LogP contribution in [-0.2, 0) is 0 Å². The van der Waals surface area contributed by atoms with Crippen molar-refractivity contribution >= 4 is 5.96 Å². The average molecular weight is 139 g/mol. The highest BCUT2D eigenvalue weighted by molar-refractivity contribution is 5.77. The Bertz CT molecular complexity index is 143. The van der Waals surface area contributed by atoms with Crippen LogP contribution in [-0.4, -0.2) is 19.6 Å². The van der Waals surface area contributed by atoms with Gasteiger partial charge < -0.3 is 11.1 Å². The van der Waals surface area contributed by atoms with Gasteiger partial charge in [-0.3, -0.25) is 4.99 Å². The minimum absolute atomic E-state index is 0.469. The van der Waals surface area contributed by atoms with Gasteiger partial charge in [-0.25, -0.2) is 0 Å². The summed E-state index contributed by atoms with van der Waals surface area (Å²) in [5.74, 6) is 3.01. The molecule has 0 aromatic heterocycles. The van der Waals surface area contributed by atoms with Crippen molar-refractivity contribution in [2.24, 2.45) is 10.7 Å². The zero-order valence-corrected chi connectivity index (χ0v) is 6.22. The molecule has 0 aliphatic rings. The first kappa shape index (κ1) is 8.83. The lowest BCUT2D eigenvalue weighted by Gasteiger charge is -2.00. The van der Waals surface area contributed by atoms with Gasteiger partial charge in [0.25, 0.3) is 0 Å². The number of rotatable bonds is 3. The smallest absolute Gasteiger partial charge is 0.188 e. The van der Waals surface area contributed by atoms with Crippen molar-refractivity contribution in [2.45, 2.75) is 12.8 Å². The first-order valence-electron chi connectivity index (χ1n) is 3.21. The van der Waals surface area contributed by atoms with Gasteiger partial charge >= 0.3 is 0 Å². The molecule has 3 heteroatoms. The van der Waals surface area contributed by atoms with E-state index in [2.05, 4.69) is 16.2 Å². The number of nitrogens with zero attached hydrogens (tertiary/aromatic N) is 1. The standard InChI is InChI=1S/C7H13N3/c1-3-4-5-6-10-7(8)9-2/h1H,4-6H2,2H3,(H3,8,9,10). The highest BCUT2D eigenvalue weighted by Gasteiger charge is 1.86. The summed E-state index contributed by atoms with van der Waals surface area (Å²) in [6.07, 6.45) is 6.76. The molecule has 0 spiro atoms. The molecule has 0 aliphatic heterocycles. The summed E-state index contributed by atoms with van der Waals surface area (Å²) in [5, 5.41) is 2.90. The number of nitrogens with one attached hydrogen (secondary N) is 1. The Labute approximate surface area is 61.7 Å². The topological polar surface area (TPSA) is 50.4 Å². The van der Waals surface area contributed by atoms with E-state index in [1.165, 1.54) is 0 Å². The molecule has 0 aromatic rings. The molecule has 0 amide bonds. The van der Waals surface area contributed by atoms with Crippen LogP contribution in [0, 0.1) is 12.3 Å². The number of unbranched alkanes of at least 4 members (excludes halogenated alkanes) is 1. The van der Waals surface area contributed by atoms with Crippen molar-refractivity contribution in [3.63, 3.8) is 0 Å². The fourth-order valence-corrected chi connectivity index (χ4v) is 0.486. The molecule has 0 radical (unpaired) electrons. The predicted octanol–water partition coefficient (Wildman–Crippen LogP) is -0.0661. The largest absolute Gasteiger partial charge is 0.370 e. The van der Waals surface area contributed by atoms with Gasteiger partial charge in [-0.1, -0.05) is 0 Å². The van der Waals surface area contributed by atoms with E-state index in [1.54, 1.807) is 7.05 Å². The number of aliphatic imine (C=N–C) groups is 1.